The van der Waals surface area contributed by atoms with Crippen LogP contribution in [0.4, 0.5) is 0 Å². The van der Waals surface area contributed by atoms with Crippen molar-refractivity contribution in [3.05, 3.63) is 85.1 Å². The summed E-state index contributed by atoms with van der Waals surface area (Å²) in [6.45, 7) is 6.48. The van der Waals surface area contributed by atoms with Gasteiger partial charge in [0.05, 0.1) is 0 Å². The van der Waals surface area contributed by atoms with Gasteiger partial charge in [0.2, 0.25) is 0 Å². The van der Waals surface area contributed by atoms with Gasteiger partial charge in [-0.3, -0.25) is 14.4 Å². The smallest absolute Gasteiger partial charge is 0.306 e. The molecule has 1 atom stereocenters. The van der Waals surface area contributed by atoms with Crippen LogP contribution in [0.25, 0.3) is 0 Å². The summed E-state index contributed by atoms with van der Waals surface area (Å²) in [6.07, 6.45) is 74.4. The molecule has 0 N–H and O–H groups in total. The fourth-order valence-corrected chi connectivity index (χ4v) is 8.02. The first-order valence-electron chi connectivity index (χ1n) is 29.1. The summed E-state index contributed by atoms with van der Waals surface area (Å²) in [5.74, 6) is -0.889. The number of carbonyl (C=O) groups is 3. The van der Waals surface area contributed by atoms with Crippen molar-refractivity contribution in [3.63, 3.8) is 0 Å². The van der Waals surface area contributed by atoms with Gasteiger partial charge in [0.25, 0.3) is 0 Å². The van der Waals surface area contributed by atoms with Gasteiger partial charge in [-0.15, -0.1) is 0 Å². The minimum absolute atomic E-state index is 0.0782. The lowest BCUT2D eigenvalue weighted by atomic mass is 10.1. The van der Waals surface area contributed by atoms with Crippen LogP contribution in [-0.4, -0.2) is 37.2 Å². The second-order valence-electron chi connectivity index (χ2n) is 19.2. The van der Waals surface area contributed by atoms with Crippen molar-refractivity contribution < 1.29 is 28.6 Å². The van der Waals surface area contributed by atoms with Crippen molar-refractivity contribution in [2.45, 2.75) is 284 Å². The Morgan fingerprint density at radius 1 is 0.304 bits per heavy atom. The Kier molecular flexibility index (Phi) is 54.3. The van der Waals surface area contributed by atoms with E-state index in [1.165, 1.54) is 128 Å². The van der Waals surface area contributed by atoms with E-state index in [4.69, 9.17) is 14.2 Å². The maximum absolute atomic E-state index is 12.8. The van der Waals surface area contributed by atoms with E-state index in [2.05, 4.69) is 106 Å². The van der Waals surface area contributed by atoms with Gasteiger partial charge >= 0.3 is 17.9 Å². The predicted octanol–water partition coefficient (Wildman–Crippen LogP) is 19.5. The zero-order valence-corrected chi connectivity index (χ0v) is 45.3. The maximum Gasteiger partial charge on any atom is 0.306 e. The van der Waals surface area contributed by atoms with E-state index in [9.17, 15) is 14.4 Å². The fraction of sp³-hybridized carbons (Fsp3) is 0.730. The van der Waals surface area contributed by atoms with Gasteiger partial charge in [-0.1, -0.05) is 254 Å². The highest BCUT2D eigenvalue weighted by Gasteiger charge is 2.19. The van der Waals surface area contributed by atoms with E-state index in [1.807, 2.05) is 0 Å². The molecule has 0 fully saturated rings. The molecule has 0 aromatic carbocycles. The third-order valence-electron chi connectivity index (χ3n) is 12.4. The summed E-state index contributed by atoms with van der Waals surface area (Å²) >= 11 is 0. The largest absolute Gasteiger partial charge is 0.462 e. The number of hydrogen-bond donors (Lipinski definition) is 0. The minimum Gasteiger partial charge on any atom is -0.462 e. The molecule has 0 rings (SSSR count). The molecular formula is C63H108O6. The molecule has 0 radical (unpaired) electrons. The summed E-state index contributed by atoms with van der Waals surface area (Å²) in [5.41, 5.74) is 0. The Labute approximate surface area is 426 Å². The average Bonchev–Trinajstić information content (AvgIpc) is 3.35. The summed E-state index contributed by atoms with van der Waals surface area (Å²) in [5, 5.41) is 0. The molecule has 0 aliphatic heterocycles. The number of carbonyl (C=O) groups excluding carboxylic acids is 3. The SMILES string of the molecule is CC/C=C\C/C=C\C/C=C\C/C=C\C/C=C\C/C=C\CCCCCCCCCCCCC(=O)OCC(COC(=O)CCCCCCCCCCCCC)OC(=O)CCCCCCC/C=C\CCCC. The van der Waals surface area contributed by atoms with Gasteiger partial charge in [0, 0.05) is 19.3 Å². The van der Waals surface area contributed by atoms with Crippen LogP contribution < -0.4 is 0 Å². The Morgan fingerprint density at radius 3 is 0.942 bits per heavy atom. The zero-order chi connectivity index (χ0) is 50.0. The van der Waals surface area contributed by atoms with E-state index >= 15 is 0 Å². The lowest BCUT2D eigenvalue weighted by molar-refractivity contribution is -0.167. The van der Waals surface area contributed by atoms with Crippen LogP contribution in [0.5, 0.6) is 0 Å². The van der Waals surface area contributed by atoms with Gasteiger partial charge in [0.1, 0.15) is 13.2 Å². The van der Waals surface area contributed by atoms with Crippen LogP contribution in [0.15, 0.2) is 85.1 Å². The molecule has 1 unspecified atom stereocenters. The molecule has 6 nitrogen and oxygen atoms in total. The van der Waals surface area contributed by atoms with Crippen molar-refractivity contribution in [2.24, 2.45) is 0 Å². The second-order valence-corrected chi connectivity index (χ2v) is 19.2. The van der Waals surface area contributed by atoms with Gasteiger partial charge in [0.15, 0.2) is 6.10 Å². The van der Waals surface area contributed by atoms with Gasteiger partial charge in [-0.25, -0.2) is 0 Å². The van der Waals surface area contributed by atoms with E-state index in [0.29, 0.717) is 19.3 Å². The topological polar surface area (TPSA) is 78.9 Å². The normalized spacial score (nSPS) is 12.7. The molecule has 396 valence electrons. The van der Waals surface area contributed by atoms with E-state index in [-0.39, 0.29) is 31.1 Å². The summed E-state index contributed by atoms with van der Waals surface area (Å²) in [7, 11) is 0. The van der Waals surface area contributed by atoms with Crippen molar-refractivity contribution in [2.75, 3.05) is 13.2 Å². The standard InChI is InChI=1S/C63H108O6/c1-4-7-10-13-16-19-22-23-24-25-26-27-28-29-30-31-32-33-34-35-36-37-38-39-42-44-47-50-53-56-62(65)68-59-60(69-63(66)57-54-51-48-45-41-21-18-15-12-9-6-3)58-67-61(64)55-52-49-46-43-40-20-17-14-11-8-5-2/h7,10,15-16,18-19,23-24,26-27,29-30,32-33,60H,4-6,8-9,11-14,17,20-22,25,28,31,34-59H2,1-3H3/b10-7-,18-15-,19-16-,24-23-,27-26-,30-29-,33-32-. The molecule has 0 bridgehead atoms. The number of rotatable bonds is 52. The maximum atomic E-state index is 12.8. The first-order valence-corrected chi connectivity index (χ1v) is 29.1. The third kappa shape index (κ3) is 55.4. The highest BCUT2D eigenvalue weighted by atomic mass is 16.6. The molecule has 0 heterocycles. The summed E-state index contributed by atoms with van der Waals surface area (Å²) < 4.78 is 16.8. The first kappa shape index (κ1) is 65.6. The fourth-order valence-electron chi connectivity index (χ4n) is 8.02. The van der Waals surface area contributed by atoms with Crippen LogP contribution >= 0.6 is 0 Å². The van der Waals surface area contributed by atoms with Crippen LogP contribution in [0.3, 0.4) is 0 Å². The Hall–Kier alpha value is -3.41. The molecule has 0 aromatic heterocycles. The molecule has 0 amide bonds. The quantitative estimate of drug-likeness (QED) is 0.0262. The van der Waals surface area contributed by atoms with Crippen molar-refractivity contribution in [1.82, 2.24) is 0 Å². The van der Waals surface area contributed by atoms with E-state index in [0.717, 1.165) is 109 Å². The number of esters is 3. The number of unbranched alkanes of at least 4 members (excludes halogenated alkanes) is 27. The second kappa shape index (κ2) is 57.2. The summed E-state index contributed by atoms with van der Waals surface area (Å²) in [4.78, 5) is 38.0. The highest BCUT2D eigenvalue weighted by molar-refractivity contribution is 5.71. The van der Waals surface area contributed by atoms with Gasteiger partial charge in [-0.2, -0.15) is 0 Å². The average molecular weight is 962 g/mol. The molecule has 69 heavy (non-hydrogen) atoms. The summed E-state index contributed by atoms with van der Waals surface area (Å²) in [6, 6.07) is 0. The molecule has 0 saturated heterocycles. The minimum atomic E-state index is -0.779. The van der Waals surface area contributed by atoms with Crippen molar-refractivity contribution >= 4 is 17.9 Å². The van der Waals surface area contributed by atoms with Crippen LogP contribution in [0.1, 0.15) is 278 Å². The van der Waals surface area contributed by atoms with Gasteiger partial charge < -0.3 is 14.2 Å². The van der Waals surface area contributed by atoms with Crippen LogP contribution in [-0.2, 0) is 28.6 Å². The molecule has 0 spiro atoms. The number of ether oxygens (including phenoxy) is 3. The van der Waals surface area contributed by atoms with E-state index in [1.54, 1.807) is 0 Å². The monoisotopic (exact) mass is 961 g/mol. The Bertz CT molecular complexity index is 1330. The third-order valence-corrected chi connectivity index (χ3v) is 12.4. The molecule has 0 saturated carbocycles. The Balaban J connectivity index is 4.18. The number of hydrogen-bond acceptors (Lipinski definition) is 6. The van der Waals surface area contributed by atoms with Crippen molar-refractivity contribution in [1.29, 1.82) is 0 Å². The van der Waals surface area contributed by atoms with Crippen LogP contribution in [0.2, 0.25) is 0 Å². The zero-order valence-electron chi connectivity index (χ0n) is 45.3. The number of allylic oxidation sites excluding steroid dienone is 14. The lowest BCUT2D eigenvalue weighted by Gasteiger charge is -2.18. The Morgan fingerprint density at radius 2 is 0.580 bits per heavy atom. The van der Waals surface area contributed by atoms with Crippen LogP contribution in [0, 0.1) is 0 Å². The van der Waals surface area contributed by atoms with Gasteiger partial charge in [-0.05, 0) is 89.9 Å². The first-order chi connectivity index (χ1) is 34.0. The molecule has 0 aliphatic rings. The molecule has 0 aromatic rings. The molecule has 0 aliphatic carbocycles. The van der Waals surface area contributed by atoms with Crippen molar-refractivity contribution in [3.8, 4) is 0 Å². The molecular weight excluding hydrogens is 853 g/mol. The highest BCUT2D eigenvalue weighted by Crippen LogP contribution is 2.15. The van der Waals surface area contributed by atoms with E-state index < -0.39 is 6.10 Å². The molecule has 6 heteroatoms. The predicted molar refractivity (Wildman–Crippen MR) is 297 cm³/mol. The lowest BCUT2D eigenvalue weighted by Crippen LogP contribution is -2.30.